The largest absolute Gasteiger partial charge is 0.573 e. The van der Waals surface area contributed by atoms with Gasteiger partial charge in [-0.05, 0) is 104 Å². The predicted molar refractivity (Wildman–Crippen MR) is 132 cm³/mol. The zero-order valence-electron chi connectivity index (χ0n) is 21.1. The summed E-state index contributed by atoms with van der Waals surface area (Å²) in [6.07, 6.45) is 8.57. The number of hydrogen-bond acceptors (Lipinski definition) is 1. The van der Waals surface area contributed by atoms with Crippen molar-refractivity contribution in [2.45, 2.75) is 109 Å². The topological polar surface area (TPSA) is 9.23 Å². The van der Waals surface area contributed by atoms with Gasteiger partial charge in [-0.15, -0.1) is 13.2 Å². The van der Waals surface area contributed by atoms with E-state index in [2.05, 4.69) is 11.7 Å². The molecule has 2 aromatic rings. The first-order valence-electron chi connectivity index (χ1n) is 13.6. The number of benzene rings is 2. The lowest BCUT2D eigenvalue weighted by atomic mass is 9.75. The van der Waals surface area contributed by atoms with Gasteiger partial charge in [-0.3, -0.25) is 0 Å². The Labute approximate surface area is 211 Å². The molecule has 0 heterocycles. The summed E-state index contributed by atoms with van der Waals surface area (Å²) in [5.74, 6) is -0.626. The highest BCUT2D eigenvalue weighted by atomic mass is 19.4. The van der Waals surface area contributed by atoms with Gasteiger partial charge in [0.25, 0.3) is 0 Å². The van der Waals surface area contributed by atoms with Gasteiger partial charge in [-0.2, -0.15) is 0 Å². The second-order valence-electron chi connectivity index (χ2n) is 10.7. The van der Waals surface area contributed by atoms with Crippen LogP contribution in [0.5, 0.6) is 5.75 Å². The molecule has 198 valence electrons. The van der Waals surface area contributed by atoms with Crippen molar-refractivity contribution in [1.82, 2.24) is 0 Å². The second kappa shape index (κ2) is 12.0. The fourth-order valence-corrected chi connectivity index (χ4v) is 6.23. The van der Waals surface area contributed by atoms with E-state index in [9.17, 15) is 13.2 Å². The van der Waals surface area contributed by atoms with Crippen molar-refractivity contribution in [2.24, 2.45) is 5.92 Å². The Morgan fingerprint density at radius 3 is 2.17 bits per heavy atom. The van der Waals surface area contributed by atoms with Gasteiger partial charge in [0.05, 0.1) is 0 Å². The highest BCUT2D eigenvalue weighted by molar-refractivity contribution is 5.41. The SMILES string of the molecule is CCCCCCCC1CCC(c2cc(F)c(C3CCc4cc(OC(F)(F)F)ccc4C3)c(F)c2)CC1. The third-order valence-electron chi connectivity index (χ3n) is 8.18. The molecule has 1 nitrogen and oxygen atoms in total. The minimum Gasteiger partial charge on any atom is -0.406 e. The minimum absolute atomic E-state index is 0.112. The molecule has 6 heteroatoms. The van der Waals surface area contributed by atoms with Crippen LogP contribution in [0.2, 0.25) is 0 Å². The summed E-state index contributed by atoms with van der Waals surface area (Å²) in [6.45, 7) is 2.23. The van der Waals surface area contributed by atoms with Crippen LogP contribution in [0.25, 0.3) is 0 Å². The standard InChI is InChI=1S/C30H37F5O/c1-2-3-4-5-6-7-20-8-10-21(11-9-20)25-18-27(31)29(28(32)19-25)24-13-12-23-17-26(36-30(33,34)35)15-14-22(23)16-24/h14-15,17-21,24H,2-13,16H2,1H3. The van der Waals surface area contributed by atoms with Gasteiger partial charge in [-0.25, -0.2) is 8.78 Å². The molecule has 0 aliphatic heterocycles. The monoisotopic (exact) mass is 508 g/mol. The highest BCUT2D eigenvalue weighted by Crippen LogP contribution is 2.41. The maximum absolute atomic E-state index is 15.2. The van der Waals surface area contributed by atoms with Gasteiger partial charge in [0, 0.05) is 5.56 Å². The van der Waals surface area contributed by atoms with E-state index in [1.807, 2.05) is 0 Å². The first-order chi connectivity index (χ1) is 17.2. The van der Waals surface area contributed by atoms with Gasteiger partial charge >= 0.3 is 6.36 Å². The van der Waals surface area contributed by atoms with Crippen molar-refractivity contribution < 1.29 is 26.7 Å². The van der Waals surface area contributed by atoms with Crippen molar-refractivity contribution in [3.8, 4) is 5.75 Å². The van der Waals surface area contributed by atoms with Gasteiger partial charge in [0.15, 0.2) is 0 Å². The molecule has 0 bridgehead atoms. The van der Waals surface area contributed by atoms with Crippen LogP contribution in [0.3, 0.4) is 0 Å². The van der Waals surface area contributed by atoms with E-state index in [1.165, 1.54) is 62.8 Å². The van der Waals surface area contributed by atoms with Gasteiger partial charge < -0.3 is 4.74 Å². The normalized spacial score (nSPS) is 22.3. The van der Waals surface area contributed by atoms with Crippen LogP contribution < -0.4 is 4.74 Å². The zero-order valence-corrected chi connectivity index (χ0v) is 21.1. The number of halogens is 5. The molecule has 0 spiro atoms. The number of rotatable bonds is 9. The summed E-state index contributed by atoms with van der Waals surface area (Å²) >= 11 is 0. The van der Waals surface area contributed by atoms with Crippen molar-refractivity contribution in [3.05, 3.63) is 64.2 Å². The number of alkyl halides is 3. The lowest BCUT2D eigenvalue weighted by Crippen LogP contribution is -2.19. The van der Waals surface area contributed by atoms with Crippen LogP contribution >= 0.6 is 0 Å². The second-order valence-corrected chi connectivity index (χ2v) is 10.7. The van der Waals surface area contributed by atoms with Crippen LogP contribution in [0.4, 0.5) is 22.0 Å². The highest BCUT2D eigenvalue weighted by Gasteiger charge is 2.32. The molecular weight excluding hydrogens is 471 g/mol. The molecule has 0 radical (unpaired) electrons. The Balaban J connectivity index is 1.36. The average molecular weight is 509 g/mol. The van der Waals surface area contributed by atoms with Crippen LogP contribution in [-0.2, 0) is 12.8 Å². The van der Waals surface area contributed by atoms with E-state index < -0.39 is 18.0 Å². The summed E-state index contributed by atoms with van der Waals surface area (Å²) in [5, 5.41) is 0. The fraction of sp³-hybridized carbons (Fsp3) is 0.600. The quantitative estimate of drug-likeness (QED) is 0.242. The molecule has 2 aromatic carbocycles. The van der Waals surface area contributed by atoms with E-state index in [1.54, 1.807) is 6.07 Å². The van der Waals surface area contributed by atoms with E-state index in [-0.39, 0.29) is 23.1 Å². The number of hydrogen-bond donors (Lipinski definition) is 0. The Kier molecular flexibility index (Phi) is 8.95. The third kappa shape index (κ3) is 7.01. The third-order valence-corrected chi connectivity index (χ3v) is 8.18. The van der Waals surface area contributed by atoms with Gasteiger partial charge in [-0.1, -0.05) is 51.5 Å². The van der Waals surface area contributed by atoms with Crippen molar-refractivity contribution in [1.29, 1.82) is 0 Å². The molecule has 2 aliphatic rings. The molecule has 0 saturated heterocycles. The Morgan fingerprint density at radius 1 is 0.806 bits per heavy atom. The predicted octanol–water partition coefficient (Wildman–Crippen LogP) is 9.77. The van der Waals surface area contributed by atoms with Crippen LogP contribution in [0.1, 0.15) is 112 Å². The smallest absolute Gasteiger partial charge is 0.406 e. The van der Waals surface area contributed by atoms with E-state index in [0.29, 0.717) is 19.3 Å². The van der Waals surface area contributed by atoms with Crippen LogP contribution in [0.15, 0.2) is 30.3 Å². The first kappa shape index (κ1) is 26.9. The molecule has 4 rings (SSSR count). The molecular formula is C30H37F5O. The van der Waals surface area contributed by atoms with Crippen molar-refractivity contribution >= 4 is 0 Å². The number of aryl methyl sites for hydroxylation is 1. The summed E-state index contributed by atoms with van der Waals surface area (Å²) in [5.41, 5.74) is 2.44. The molecule has 1 saturated carbocycles. The molecule has 1 unspecified atom stereocenters. The number of fused-ring (bicyclic) bond motifs is 1. The van der Waals surface area contributed by atoms with Gasteiger partial charge in [0.2, 0.25) is 0 Å². The molecule has 0 N–H and O–H groups in total. The fourth-order valence-electron chi connectivity index (χ4n) is 6.23. The molecule has 0 amide bonds. The molecule has 36 heavy (non-hydrogen) atoms. The molecule has 2 aliphatic carbocycles. The summed E-state index contributed by atoms with van der Waals surface area (Å²) < 4.78 is 72.0. The molecule has 1 fully saturated rings. The van der Waals surface area contributed by atoms with Crippen molar-refractivity contribution in [3.63, 3.8) is 0 Å². The van der Waals surface area contributed by atoms with E-state index >= 15 is 8.78 Å². The Bertz CT molecular complexity index is 984. The molecule has 0 aromatic heterocycles. The van der Waals surface area contributed by atoms with Crippen molar-refractivity contribution in [2.75, 3.05) is 0 Å². The Morgan fingerprint density at radius 2 is 1.50 bits per heavy atom. The molecule has 1 atom stereocenters. The first-order valence-corrected chi connectivity index (χ1v) is 13.6. The van der Waals surface area contributed by atoms with Crippen LogP contribution in [0, 0.1) is 17.6 Å². The number of ether oxygens (including phenoxy) is 1. The summed E-state index contributed by atoms with van der Waals surface area (Å²) in [4.78, 5) is 0. The summed E-state index contributed by atoms with van der Waals surface area (Å²) in [6, 6.07) is 7.30. The maximum Gasteiger partial charge on any atom is 0.573 e. The lowest BCUT2D eigenvalue weighted by molar-refractivity contribution is -0.274. The number of unbranched alkanes of at least 4 members (excludes halogenated alkanes) is 4. The maximum atomic E-state index is 15.2. The van der Waals surface area contributed by atoms with E-state index in [4.69, 9.17) is 0 Å². The zero-order chi connectivity index (χ0) is 25.7. The average Bonchev–Trinajstić information content (AvgIpc) is 2.83. The lowest BCUT2D eigenvalue weighted by Gasteiger charge is -2.30. The Hall–Kier alpha value is -2.11. The van der Waals surface area contributed by atoms with Gasteiger partial charge in [0.1, 0.15) is 17.4 Å². The van der Waals surface area contributed by atoms with E-state index in [0.717, 1.165) is 48.3 Å². The summed E-state index contributed by atoms with van der Waals surface area (Å²) in [7, 11) is 0. The van der Waals surface area contributed by atoms with Crippen LogP contribution in [-0.4, -0.2) is 6.36 Å². The minimum atomic E-state index is -4.74.